The molecule has 1 aromatic heterocycles. The van der Waals surface area contributed by atoms with Gasteiger partial charge >= 0.3 is 5.97 Å². The lowest BCUT2D eigenvalue weighted by Gasteiger charge is -2.06. The third-order valence-electron chi connectivity index (χ3n) is 3.92. The number of rotatable bonds is 9. The first-order valence-corrected chi connectivity index (χ1v) is 8.81. The van der Waals surface area contributed by atoms with Crippen molar-refractivity contribution >= 4 is 17.6 Å². The zero-order valence-corrected chi connectivity index (χ0v) is 14.7. The molecule has 0 bridgehead atoms. The van der Waals surface area contributed by atoms with E-state index in [-0.39, 0.29) is 0 Å². The molecule has 2 aromatic rings. The minimum absolute atomic E-state index is 0.300. The average molecular weight is 347 g/mol. The fraction of sp³-hybridized carbons (Fsp3) is 0.421. The Bertz CT molecular complexity index is 641. The first kappa shape index (κ1) is 18.4. The summed E-state index contributed by atoms with van der Waals surface area (Å²) in [4.78, 5) is 19.7. The molecule has 24 heavy (non-hydrogen) atoms. The molecule has 0 aliphatic heterocycles. The highest BCUT2D eigenvalue weighted by atomic mass is 35.5. The lowest BCUT2D eigenvalue weighted by atomic mass is 10.1. The van der Waals surface area contributed by atoms with Crippen LogP contribution in [-0.4, -0.2) is 26.4 Å². The molecule has 1 unspecified atom stereocenters. The Morgan fingerprint density at radius 1 is 1.08 bits per heavy atom. The van der Waals surface area contributed by atoms with Crippen LogP contribution in [0.25, 0.3) is 11.4 Å². The van der Waals surface area contributed by atoms with Crippen molar-refractivity contribution in [2.24, 2.45) is 0 Å². The van der Waals surface area contributed by atoms with Crippen molar-refractivity contribution in [1.82, 2.24) is 9.97 Å². The van der Waals surface area contributed by atoms with Crippen LogP contribution in [0, 0.1) is 0 Å². The van der Waals surface area contributed by atoms with Gasteiger partial charge in [-0.15, -0.1) is 11.6 Å². The maximum absolute atomic E-state index is 10.8. The monoisotopic (exact) mass is 346 g/mol. The van der Waals surface area contributed by atoms with E-state index < -0.39 is 11.3 Å². The predicted octanol–water partition coefficient (Wildman–Crippen LogP) is 4.50. The fourth-order valence-corrected chi connectivity index (χ4v) is 2.65. The second-order valence-corrected chi connectivity index (χ2v) is 6.46. The van der Waals surface area contributed by atoms with E-state index in [0.717, 1.165) is 23.1 Å². The molecule has 0 aliphatic carbocycles. The summed E-state index contributed by atoms with van der Waals surface area (Å²) in [6, 6.07) is 7.54. The molecule has 0 saturated carbocycles. The van der Waals surface area contributed by atoms with E-state index in [0.29, 0.717) is 12.2 Å². The second kappa shape index (κ2) is 9.38. The van der Waals surface area contributed by atoms with Crippen molar-refractivity contribution in [3.63, 3.8) is 0 Å². The van der Waals surface area contributed by atoms with Crippen LogP contribution in [0.3, 0.4) is 0 Å². The summed E-state index contributed by atoms with van der Waals surface area (Å²) in [6.45, 7) is 2.21. The fourth-order valence-electron chi connectivity index (χ4n) is 2.47. The molecule has 0 aliphatic rings. The molecule has 1 heterocycles. The van der Waals surface area contributed by atoms with E-state index >= 15 is 0 Å². The van der Waals surface area contributed by atoms with Gasteiger partial charge in [0.2, 0.25) is 0 Å². The molecule has 0 spiro atoms. The van der Waals surface area contributed by atoms with E-state index in [1.54, 1.807) is 0 Å². The number of aromatic nitrogens is 2. The number of hydrogen-bond donors (Lipinski definition) is 1. The number of hydrogen-bond acceptors (Lipinski definition) is 3. The average Bonchev–Trinajstić information content (AvgIpc) is 2.60. The van der Waals surface area contributed by atoms with Gasteiger partial charge in [-0.3, -0.25) is 4.79 Å². The zero-order valence-electron chi connectivity index (χ0n) is 13.9. The van der Waals surface area contributed by atoms with Crippen LogP contribution in [0.1, 0.15) is 43.7 Å². The zero-order chi connectivity index (χ0) is 17.4. The molecule has 1 aromatic carbocycles. The van der Waals surface area contributed by atoms with Gasteiger partial charge in [0.25, 0.3) is 0 Å². The maximum Gasteiger partial charge on any atom is 0.321 e. The summed E-state index contributed by atoms with van der Waals surface area (Å²) in [5.74, 6) is -0.321. The quantitative estimate of drug-likeness (QED) is 0.536. The van der Waals surface area contributed by atoms with E-state index in [2.05, 4.69) is 16.9 Å². The Morgan fingerprint density at radius 2 is 1.75 bits per heavy atom. The molecule has 128 valence electrons. The van der Waals surface area contributed by atoms with E-state index in [1.165, 1.54) is 25.7 Å². The molecule has 1 N–H and O–H groups in total. The van der Waals surface area contributed by atoms with Crippen molar-refractivity contribution in [2.45, 2.75) is 50.8 Å². The largest absolute Gasteiger partial charge is 0.480 e. The molecule has 0 radical (unpaired) electrons. The smallest absolute Gasteiger partial charge is 0.321 e. The lowest BCUT2D eigenvalue weighted by Crippen LogP contribution is -2.15. The number of halogens is 1. The molecular weight excluding hydrogens is 324 g/mol. The molecule has 4 nitrogen and oxygen atoms in total. The number of aliphatic carboxylic acids is 1. The topological polar surface area (TPSA) is 63.1 Å². The number of nitrogens with zero attached hydrogens (tertiary/aromatic N) is 2. The SMILES string of the molecule is CCCCCCc1cnc(-c2ccc(CC(Cl)C(=O)O)cc2)nc1. The minimum Gasteiger partial charge on any atom is -0.480 e. The maximum atomic E-state index is 10.8. The van der Waals surface area contributed by atoms with Crippen LogP contribution >= 0.6 is 11.6 Å². The first-order chi connectivity index (χ1) is 11.6. The van der Waals surface area contributed by atoms with Crippen LogP contribution < -0.4 is 0 Å². The van der Waals surface area contributed by atoms with Gasteiger partial charge in [0.1, 0.15) is 5.38 Å². The number of carbonyl (C=O) groups is 1. The normalized spacial score (nSPS) is 12.1. The van der Waals surface area contributed by atoms with Gasteiger partial charge in [0, 0.05) is 18.0 Å². The summed E-state index contributed by atoms with van der Waals surface area (Å²) in [6.07, 6.45) is 10.0. The van der Waals surface area contributed by atoms with Gasteiger partial charge in [0.15, 0.2) is 5.82 Å². The number of unbranched alkanes of at least 4 members (excludes halogenated alkanes) is 3. The lowest BCUT2D eigenvalue weighted by molar-refractivity contribution is -0.136. The van der Waals surface area contributed by atoms with Crippen molar-refractivity contribution < 1.29 is 9.90 Å². The summed E-state index contributed by atoms with van der Waals surface area (Å²) in [7, 11) is 0. The van der Waals surface area contributed by atoms with Crippen molar-refractivity contribution in [1.29, 1.82) is 0 Å². The Hall–Kier alpha value is -1.94. The molecular formula is C19H23ClN2O2. The summed E-state index contributed by atoms with van der Waals surface area (Å²) >= 11 is 5.76. The van der Waals surface area contributed by atoms with Crippen LogP contribution in [0.2, 0.25) is 0 Å². The summed E-state index contributed by atoms with van der Waals surface area (Å²) in [5.41, 5.74) is 2.96. The second-order valence-electron chi connectivity index (χ2n) is 5.93. The van der Waals surface area contributed by atoms with Gasteiger partial charge in [-0.1, -0.05) is 50.5 Å². The Morgan fingerprint density at radius 3 is 2.33 bits per heavy atom. The molecule has 5 heteroatoms. The van der Waals surface area contributed by atoms with Crippen LogP contribution in [-0.2, 0) is 17.6 Å². The number of carboxylic acid groups (broad SMARTS) is 1. The van der Waals surface area contributed by atoms with Crippen LogP contribution in [0.15, 0.2) is 36.7 Å². The van der Waals surface area contributed by atoms with Crippen molar-refractivity contribution in [2.75, 3.05) is 0 Å². The highest BCUT2D eigenvalue weighted by molar-refractivity contribution is 6.29. The third kappa shape index (κ3) is 5.60. The van der Waals surface area contributed by atoms with Crippen LogP contribution in [0.4, 0.5) is 0 Å². The third-order valence-corrected chi connectivity index (χ3v) is 4.26. The highest BCUT2D eigenvalue weighted by Crippen LogP contribution is 2.18. The summed E-state index contributed by atoms with van der Waals surface area (Å²) < 4.78 is 0. The molecule has 0 saturated heterocycles. The molecule has 2 rings (SSSR count). The van der Waals surface area contributed by atoms with Crippen molar-refractivity contribution in [3.05, 3.63) is 47.8 Å². The first-order valence-electron chi connectivity index (χ1n) is 8.37. The number of aryl methyl sites for hydroxylation is 1. The van der Waals surface area contributed by atoms with E-state index in [9.17, 15) is 4.79 Å². The number of alkyl halides is 1. The van der Waals surface area contributed by atoms with Gasteiger partial charge in [-0.2, -0.15) is 0 Å². The molecule has 0 fully saturated rings. The number of benzene rings is 1. The van der Waals surface area contributed by atoms with Gasteiger partial charge in [0.05, 0.1) is 0 Å². The number of carboxylic acids is 1. The highest BCUT2D eigenvalue weighted by Gasteiger charge is 2.14. The van der Waals surface area contributed by atoms with Gasteiger partial charge < -0.3 is 5.11 Å². The molecule has 1 atom stereocenters. The summed E-state index contributed by atoms with van der Waals surface area (Å²) in [5, 5.41) is 7.94. The van der Waals surface area contributed by atoms with E-state index in [4.69, 9.17) is 16.7 Å². The standard InChI is InChI=1S/C19H23ClN2O2/c1-2-3-4-5-6-15-12-21-18(22-13-15)16-9-7-14(8-10-16)11-17(20)19(23)24/h7-10,12-13,17H,2-6,11H2,1H3,(H,23,24). The van der Waals surface area contributed by atoms with Gasteiger partial charge in [-0.25, -0.2) is 9.97 Å². The van der Waals surface area contributed by atoms with E-state index in [1.807, 2.05) is 36.7 Å². The Labute approximate surface area is 147 Å². The van der Waals surface area contributed by atoms with Crippen LogP contribution in [0.5, 0.6) is 0 Å². The van der Waals surface area contributed by atoms with Crippen molar-refractivity contribution in [3.8, 4) is 11.4 Å². The van der Waals surface area contributed by atoms with Gasteiger partial charge in [-0.05, 0) is 30.4 Å². The molecule has 0 amide bonds. The Kier molecular flexibility index (Phi) is 7.19. The minimum atomic E-state index is -1.00. The predicted molar refractivity (Wildman–Crippen MR) is 96.3 cm³/mol. The Balaban J connectivity index is 1.95.